The fraction of sp³-hybridized carbons (Fsp3) is 0.933. The summed E-state index contributed by atoms with van der Waals surface area (Å²) >= 11 is 0. The Morgan fingerprint density at radius 1 is 1.16 bits per heavy atom. The number of ether oxygens (including phenoxy) is 1. The summed E-state index contributed by atoms with van der Waals surface area (Å²) in [5.74, 6) is 0.285. The van der Waals surface area contributed by atoms with E-state index in [0.29, 0.717) is 19.1 Å². The minimum atomic E-state index is 0.285. The number of piperidine rings is 1. The van der Waals surface area contributed by atoms with Gasteiger partial charge in [0.15, 0.2) is 0 Å². The highest BCUT2D eigenvalue weighted by Gasteiger charge is 2.26. The molecular formula is C15H28N2O2. The van der Waals surface area contributed by atoms with E-state index in [1.807, 2.05) is 0 Å². The van der Waals surface area contributed by atoms with Crippen molar-refractivity contribution in [3.8, 4) is 0 Å². The summed E-state index contributed by atoms with van der Waals surface area (Å²) in [5, 5.41) is 0. The van der Waals surface area contributed by atoms with Crippen molar-refractivity contribution in [3.05, 3.63) is 0 Å². The van der Waals surface area contributed by atoms with Crippen LogP contribution in [-0.4, -0.2) is 61.6 Å². The summed E-state index contributed by atoms with van der Waals surface area (Å²) in [6.45, 7) is 5.18. The van der Waals surface area contributed by atoms with E-state index in [2.05, 4.69) is 9.80 Å². The van der Waals surface area contributed by atoms with Crippen molar-refractivity contribution in [2.45, 2.75) is 51.0 Å². The lowest BCUT2D eigenvalue weighted by atomic mass is 9.98. The highest BCUT2D eigenvalue weighted by Crippen LogP contribution is 2.21. The fourth-order valence-electron chi connectivity index (χ4n) is 3.30. The molecule has 110 valence electrons. The van der Waals surface area contributed by atoms with Gasteiger partial charge in [-0.2, -0.15) is 0 Å². The summed E-state index contributed by atoms with van der Waals surface area (Å²) in [4.78, 5) is 16.9. The van der Waals surface area contributed by atoms with Crippen molar-refractivity contribution < 1.29 is 9.53 Å². The van der Waals surface area contributed by atoms with Crippen LogP contribution in [-0.2, 0) is 9.53 Å². The molecule has 1 amide bonds. The molecule has 0 spiro atoms. The topological polar surface area (TPSA) is 32.8 Å². The Kier molecular flexibility index (Phi) is 6.11. The minimum absolute atomic E-state index is 0.285. The average molecular weight is 268 g/mol. The van der Waals surface area contributed by atoms with Gasteiger partial charge in [-0.3, -0.25) is 4.79 Å². The highest BCUT2D eigenvalue weighted by atomic mass is 16.5. The molecule has 4 nitrogen and oxygen atoms in total. The molecule has 0 aromatic heterocycles. The molecule has 0 bridgehead atoms. The van der Waals surface area contributed by atoms with E-state index in [9.17, 15) is 4.79 Å². The Labute approximate surface area is 117 Å². The third-order valence-corrected chi connectivity index (χ3v) is 4.44. The first-order chi connectivity index (χ1) is 9.31. The first-order valence-electron chi connectivity index (χ1n) is 7.82. The first kappa shape index (κ1) is 14.8. The van der Waals surface area contributed by atoms with E-state index in [4.69, 9.17) is 4.74 Å². The maximum absolute atomic E-state index is 12.2. The van der Waals surface area contributed by atoms with Gasteiger partial charge in [0.05, 0.1) is 13.0 Å². The summed E-state index contributed by atoms with van der Waals surface area (Å²) in [7, 11) is 1.66. The van der Waals surface area contributed by atoms with Crippen LogP contribution in [0.15, 0.2) is 0 Å². The lowest BCUT2D eigenvalue weighted by Gasteiger charge is -2.36. The second kappa shape index (κ2) is 7.85. The summed E-state index contributed by atoms with van der Waals surface area (Å²) in [6, 6.07) is 0.471. The number of hydrogen-bond acceptors (Lipinski definition) is 3. The maximum atomic E-state index is 12.2. The number of likely N-dealkylation sites (tertiary alicyclic amines) is 2. The van der Waals surface area contributed by atoms with E-state index >= 15 is 0 Å². The van der Waals surface area contributed by atoms with E-state index in [1.54, 1.807) is 7.11 Å². The van der Waals surface area contributed by atoms with Crippen LogP contribution in [0.5, 0.6) is 0 Å². The number of carbonyl (C=O) groups excluding carboxylic acids is 1. The van der Waals surface area contributed by atoms with Gasteiger partial charge in [0.25, 0.3) is 0 Å². The van der Waals surface area contributed by atoms with Crippen molar-refractivity contribution in [1.29, 1.82) is 0 Å². The van der Waals surface area contributed by atoms with E-state index < -0.39 is 0 Å². The zero-order valence-electron chi connectivity index (χ0n) is 12.3. The zero-order chi connectivity index (χ0) is 13.5. The Hall–Kier alpha value is -0.610. The number of nitrogens with zero attached hydrogens (tertiary/aromatic N) is 2. The van der Waals surface area contributed by atoms with Crippen molar-refractivity contribution >= 4 is 5.91 Å². The van der Waals surface area contributed by atoms with Crippen LogP contribution in [0.1, 0.15) is 44.9 Å². The molecule has 0 N–H and O–H groups in total. The molecule has 2 rings (SSSR count). The molecule has 0 aliphatic carbocycles. The van der Waals surface area contributed by atoms with Crippen LogP contribution in [0.2, 0.25) is 0 Å². The zero-order valence-corrected chi connectivity index (χ0v) is 12.3. The molecule has 0 saturated carbocycles. The van der Waals surface area contributed by atoms with E-state index in [0.717, 1.165) is 13.0 Å². The number of hydrogen-bond donors (Lipinski definition) is 0. The Morgan fingerprint density at radius 2 is 1.89 bits per heavy atom. The lowest BCUT2D eigenvalue weighted by molar-refractivity contribution is -0.136. The second-order valence-corrected chi connectivity index (χ2v) is 5.82. The Bertz CT molecular complexity index is 277. The molecule has 4 heteroatoms. The Balaban J connectivity index is 1.79. The van der Waals surface area contributed by atoms with Gasteiger partial charge in [0.1, 0.15) is 0 Å². The first-order valence-corrected chi connectivity index (χ1v) is 7.82. The Morgan fingerprint density at radius 3 is 2.63 bits per heavy atom. The van der Waals surface area contributed by atoms with Crippen LogP contribution in [0, 0.1) is 0 Å². The molecule has 2 fully saturated rings. The van der Waals surface area contributed by atoms with Gasteiger partial charge < -0.3 is 14.5 Å². The predicted molar refractivity (Wildman–Crippen MR) is 76.1 cm³/mol. The van der Waals surface area contributed by atoms with Crippen molar-refractivity contribution in [2.24, 2.45) is 0 Å². The third-order valence-electron chi connectivity index (χ3n) is 4.44. The quantitative estimate of drug-likeness (QED) is 0.737. The van der Waals surface area contributed by atoms with Gasteiger partial charge in [-0.15, -0.1) is 0 Å². The van der Waals surface area contributed by atoms with Crippen LogP contribution >= 0.6 is 0 Å². The molecule has 0 radical (unpaired) electrons. The average Bonchev–Trinajstić information content (AvgIpc) is 2.96. The normalized spacial score (nSPS) is 24.9. The van der Waals surface area contributed by atoms with Crippen LogP contribution in [0.4, 0.5) is 0 Å². The smallest absolute Gasteiger partial charge is 0.225 e. The van der Waals surface area contributed by atoms with Crippen molar-refractivity contribution in [3.63, 3.8) is 0 Å². The standard InChI is InChI=1S/C15H28N2O2/c1-19-13-8-15(18)17-11-3-2-6-14(17)7-12-16-9-4-5-10-16/h14H,2-13H2,1H3/t14-/m1/s1. The monoisotopic (exact) mass is 268 g/mol. The summed E-state index contributed by atoms with van der Waals surface area (Å²) < 4.78 is 5.02. The largest absolute Gasteiger partial charge is 0.384 e. The molecule has 0 aromatic carbocycles. The molecule has 2 aliphatic rings. The fourth-order valence-corrected chi connectivity index (χ4v) is 3.30. The van der Waals surface area contributed by atoms with Gasteiger partial charge in [0, 0.05) is 26.2 Å². The SMILES string of the molecule is COCCC(=O)N1CCCC[C@@H]1CCN1CCCC1. The molecular weight excluding hydrogens is 240 g/mol. The maximum Gasteiger partial charge on any atom is 0.225 e. The molecule has 1 atom stereocenters. The number of amides is 1. The van der Waals surface area contributed by atoms with Gasteiger partial charge in [0.2, 0.25) is 5.91 Å². The molecule has 2 heterocycles. The molecule has 0 aromatic rings. The molecule has 0 unspecified atom stereocenters. The molecule has 2 aliphatic heterocycles. The highest BCUT2D eigenvalue weighted by molar-refractivity contribution is 5.76. The van der Waals surface area contributed by atoms with Gasteiger partial charge in [-0.25, -0.2) is 0 Å². The number of rotatable bonds is 6. The second-order valence-electron chi connectivity index (χ2n) is 5.82. The predicted octanol–water partition coefficient (Wildman–Crippen LogP) is 1.89. The van der Waals surface area contributed by atoms with Crippen LogP contribution in [0.25, 0.3) is 0 Å². The summed E-state index contributed by atoms with van der Waals surface area (Å²) in [6.07, 6.45) is 8.02. The van der Waals surface area contributed by atoms with Gasteiger partial charge in [-0.05, 0) is 51.6 Å². The van der Waals surface area contributed by atoms with Crippen molar-refractivity contribution in [2.75, 3.05) is 39.9 Å². The van der Waals surface area contributed by atoms with Crippen LogP contribution < -0.4 is 0 Å². The number of methoxy groups -OCH3 is 1. The minimum Gasteiger partial charge on any atom is -0.384 e. The van der Waals surface area contributed by atoms with Crippen LogP contribution in [0.3, 0.4) is 0 Å². The number of carbonyl (C=O) groups is 1. The molecule has 2 saturated heterocycles. The van der Waals surface area contributed by atoms with E-state index in [1.165, 1.54) is 51.7 Å². The van der Waals surface area contributed by atoms with Gasteiger partial charge >= 0.3 is 0 Å². The van der Waals surface area contributed by atoms with Gasteiger partial charge in [-0.1, -0.05) is 0 Å². The lowest BCUT2D eigenvalue weighted by Crippen LogP contribution is -2.45. The summed E-state index contributed by atoms with van der Waals surface area (Å²) in [5.41, 5.74) is 0. The van der Waals surface area contributed by atoms with E-state index in [-0.39, 0.29) is 5.91 Å². The third kappa shape index (κ3) is 4.46. The molecule has 19 heavy (non-hydrogen) atoms. The van der Waals surface area contributed by atoms with Crippen molar-refractivity contribution in [1.82, 2.24) is 9.80 Å².